The van der Waals surface area contributed by atoms with Crippen LogP contribution in [0.2, 0.25) is 10.2 Å². The molecule has 0 N–H and O–H groups in total. The van der Waals surface area contributed by atoms with E-state index in [0.29, 0.717) is 10.2 Å². The number of aromatic nitrogens is 2. The lowest BCUT2D eigenvalue weighted by Crippen LogP contribution is -1.94. The van der Waals surface area contributed by atoms with E-state index in [1.807, 2.05) is 25.1 Å². The van der Waals surface area contributed by atoms with Crippen molar-refractivity contribution in [3.8, 4) is 0 Å². The molecule has 0 saturated heterocycles. The van der Waals surface area contributed by atoms with Crippen molar-refractivity contribution in [2.24, 2.45) is 0 Å². The SMILES string of the molecule is CCn1nc2cccc(Cl)c2c1Cl. The number of fused-ring (bicyclic) bond motifs is 1. The lowest BCUT2D eigenvalue weighted by atomic mass is 10.3. The Hall–Kier alpha value is -0.730. The molecule has 0 unspecified atom stereocenters. The number of nitrogens with zero attached hydrogens (tertiary/aromatic N) is 2. The predicted octanol–water partition coefficient (Wildman–Crippen LogP) is 3.36. The number of rotatable bonds is 1. The van der Waals surface area contributed by atoms with Crippen molar-refractivity contribution in [1.82, 2.24) is 9.78 Å². The highest BCUT2D eigenvalue weighted by molar-refractivity contribution is 6.41. The zero-order valence-corrected chi connectivity index (χ0v) is 8.60. The van der Waals surface area contributed by atoms with Gasteiger partial charge >= 0.3 is 0 Å². The van der Waals surface area contributed by atoms with Crippen LogP contribution in [0.15, 0.2) is 18.2 Å². The van der Waals surface area contributed by atoms with E-state index in [1.54, 1.807) is 4.68 Å². The lowest BCUT2D eigenvalue weighted by molar-refractivity contribution is 0.669. The molecule has 68 valence electrons. The smallest absolute Gasteiger partial charge is 0.136 e. The van der Waals surface area contributed by atoms with Gasteiger partial charge in [0.15, 0.2) is 0 Å². The van der Waals surface area contributed by atoms with Crippen LogP contribution in [-0.2, 0) is 6.54 Å². The summed E-state index contributed by atoms with van der Waals surface area (Å²) < 4.78 is 1.73. The Labute approximate surface area is 86.1 Å². The van der Waals surface area contributed by atoms with E-state index >= 15 is 0 Å². The highest BCUT2D eigenvalue weighted by Gasteiger charge is 2.09. The van der Waals surface area contributed by atoms with Gasteiger partial charge in [-0.15, -0.1) is 0 Å². The molecular weight excluding hydrogens is 207 g/mol. The van der Waals surface area contributed by atoms with Crippen LogP contribution in [0.5, 0.6) is 0 Å². The topological polar surface area (TPSA) is 17.8 Å². The van der Waals surface area contributed by atoms with E-state index in [4.69, 9.17) is 23.2 Å². The van der Waals surface area contributed by atoms with Crippen LogP contribution >= 0.6 is 23.2 Å². The average Bonchev–Trinajstić information content (AvgIpc) is 2.44. The molecule has 0 aliphatic carbocycles. The Bertz CT molecular complexity index is 448. The van der Waals surface area contributed by atoms with Gasteiger partial charge in [0.25, 0.3) is 0 Å². The van der Waals surface area contributed by atoms with E-state index in [1.165, 1.54) is 0 Å². The molecule has 2 nitrogen and oxygen atoms in total. The third-order valence-corrected chi connectivity index (χ3v) is 2.65. The maximum atomic E-state index is 6.08. The van der Waals surface area contributed by atoms with Crippen LogP contribution in [0.1, 0.15) is 6.92 Å². The summed E-state index contributed by atoms with van der Waals surface area (Å²) in [6.07, 6.45) is 0. The lowest BCUT2D eigenvalue weighted by Gasteiger charge is -1.95. The zero-order valence-electron chi connectivity index (χ0n) is 7.09. The summed E-state index contributed by atoms with van der Waals surface area (Å²) in [6, 6.07) is 5.59. The molecule has 1 heterocycles. The Balaban J connectivity index is 2.85. The minimum atomic E-state index is 0.614. The Morgan fingerprint density at radius 3 is 2.77 bits per heavy atom. The van der Waals surface area contributed by atoms with Crippen molar-refractivity contribution in [1.29, 1.82) is 0 Å². The minimum absolute atomic E-state index is 0.614. The predicted molar refractivity (Wildman–Crippen MR) is 55.4 cm³/mol. The van der Waals surface area contributed by atoms with Gasteiger partial charge in [0.2, 0.25) is 0 Å². The van der Waals surface area contributed by atoms with Crippen LogP contribution in [0, 0.1) is 0 Å². The molecule has 0 atom stereocenters. The second kappa shape index (κ2) is 3.20. The summed E-state index contributed by atoms with van der Waals surface area (Å²) >= 11 is 12.1. The van der Waals surface area contributed by atoms with Crippen molar-refractivity contribution in [2.45, 2.75) is 13.5 Å². The van der Waals surface area contributed by atoms with Gasteiger partial charge in [-0.05, 0) is 19.1 Å². The summed E-state index contributed by atoms with van der Waals surface area (Å²) in [6.45, 7) is 2.75. The molecular formula is C9H8Cl2N2. The van der Waals surface area contributed by atoms with Crippen molar-refractivity contribution in [3.05, 3.63) is 28.4 Å². The van der Waals surface area contributed by atoms with E-state index in [0.717, 1.165) is 17.4 Å². The maximum Gasteiger partial charge on any atom is 0.136 e. The average molecular weight is 215 g/mol. The fourth-order valence-corrected chi connectivity index (χ4v) is 1.98. The fraction of sp³-hybridized carbons (Fsp3) is 0.222. The molecule has 0 fully saturated rings. The first-order chi connectivity index (χ1) is 6.24. The number of aryl methyl sites for hydroxylation is 1. The number of hydrogen-bond donors (Lipinski definition) is 0. The van der Waals surface area contributed by atoms with Gasteiger partial charge in [0.1, 0.15) is 5.15 Å². The molecule has 2 aromatic rings. The van der Waals surface area contributed by atoms with Crippen LogP contribution in [0.3, 0.4) is 0 Å². The van der Waals surface area contributed by atoms with Crippen molar-refractivity contribution in [2.75, 3.05) is 0 Å². The maximum absolute atomic E-state index is 6.08. The summed E-state index contributed by atoms with van der Waals surface area (Å²) in [7, 11) is 0. The molecule has 0 spiro atoms. The molecule has 0 bridgehead atoms. The molecule has 1 aromatic carbocycles. The normalized spacial score (nSPS) is 11.0. The highest BCUT2D eigenvalue weighted by atomic mass is 35.5. The van der Waals surface area contributed by atoms with E-state index in [2.05, 4.69) is 5.10 Å². The fourth-order valence-electron chi connectivity index (χ4n) is 1.31. The monoisotopic (exact) mass is 214 g/mol. The third kappa shape index (κ3) is 1.30. The number of hydrogen-bond acceptors (Lipinski definition) is 1. The molecule has 0 aliphatic rings. The first-order valence-electron chi connectivity index (χ1n) is 4.04. The van der Waals surface area contributed by atoms with Gasteiger partial charge in [-0.3, -0.25) is 4.68 Å². The van der Waals surface area contributed by atoms with E-state index < -0.39 is 0 Å². The first kappa shape index (κ1) is 8.85. The second-order valence-electron chi connectivity index (χ2n) is 2.74. The number of benzene rings is 1. The zero-order chi connectivity index (χ0) is 9.42. The molecule has 1 aromatic heterocycles. The van der Waals surface area contributed by atoms with Crippen LogP contribution < -0.4 is 0 Å². The number of halogens is 2. The van der Waals surface area contributed by atoms with Crippen molar-refractivity contribution >= 4 is 34.1 Å². The molecule has 2 rings (SSSR count). The van der Waals surface area contributed by atoms with Crippen LogP contribution in [0.4, 0.5) is 0 Å². The minimum Gasteiger partial charge on any atom is -0.253 e. The molecule has 0 saturated carbocycles. The highest BCUT2D eigenvalue weighted by Crippen LogP contribution is 2.29. The van der Waals surface area contributed by atoms with Gasteiger partial charge in [0, 0.05) is 6.54 Å². The van der Waals surface area contributed by atoms with Gasteiger partial charge in [-0.2, -0.15) is 5.10 Å². The molecule has 0 radical (unpaired) electrons. The summed E-state index contributed by atoms with van der Waals surface area (Å²) in [4.78, 5) is 0. The van der Waals surface area contributed by atoms with Gasteiger partial charge in [-0.25, -0.2) is 0 Å². The van der Waals surface area contributed by atoms with Gasteiger partial charge in [0.05, 0.1) is 15.9 Å². The van der Waals surface area contributed by atoms with E-state index in [-0.39, 0.29) is 0 Å². The van der Waals surface area contributed by atoms with Gasteiger partial charge < -0.3 is 0 Å². The van der Waals surface area contributed by atoms with Crippen LogP contribution in [0.25, 0.3) is 10.9 Å². The Kier molecular flexibility index (Phi) is 2.18. The molecule has 0 aliphatic heterocycles. The largest absolute Gasteiger partial charge is 0.253 e. The Morgan fingerprint density at radius 1 is 1.38 bits per heavy atom. The summed E-state index contributed by atoms with van der Waals surface area (Å²) in [5.74, 6) is 0. The standard InChI is InChI=1S/C9H8Cl2N2/c1-2-13-9(11)8-6(10)4-3-5-7(8)12-13/h3-5H,2H2,1H3. The Morgan fingerprint density at radius 2 is 2.15 bits per heavy atom. The van der Waals surface area contributed by atoms with E-state index in [9.17, 15) is 0 Å². The quantitative estimate of drug-likeness (QED) is 0.713. The van der Waals surface area contributed by atoms with Crippen molar-refractivity contribution < 1.29 is 0 Å². The second-order valence-corrected chi connectivity index (χ2v) is 3.51. The summed E-state index contributed by atoms with van der Waals surface area (Å²) in [5, 5.41) is 6.40. The molecule has 13 heavy (non-hydrogen) atoms. The summed E-state index contributed by atoms with van der Waals surface area (Å²) in [5.41, 5.74) is 0.847. The van der Waals surface area contributed by atoms with Crippen LogP contribution in [-0.4, -0.2) is 9.78 Å². The van der Waals surface area contributed by atoms with Gasteiger partial charge in [-0.1, -0.05) is 29.3 Å². The first-order valence-corrected chi connectivity index (χ1v) is 4.80. The molecule has 0 amide bonds. The van der Waals surface area contributed by atoms with Crippen molar-refractivity contribution in [3.63, 3.8) is 0 Å². The third-order valence-electron chi connectivity index (χ3n) is 1.95. The molecule has 4 heteroatoms.